The Labute approximate surface area is 273 Å². The van der Waals surface area contributed by atoms with Crippen molar-refractivity contribution < 1.29 is 43.8 Å². The van der Waals surface area contributed by atoms with Crippen molar-refractivity contribution in [3.63, 3.8) is 0 Å². The number of benzene rings is 4. The summed E-state index contributed by atoms with van der Waals surface area (Å²) in [6, 6.07) is 66.5. The van der Waals surface area contributed by atoms with Crippen LogP contribution in [0.4, 0.5) is 0 Å². The monoisotopic (exact) mass is 747 g/mol. The fraction of sp³-hybridized carbons (Fsp3) is 0.0278. The molecular formula is C36H31OP2Rh2-5. The van der Waals surface area contributed by atoms with Crippen LogP contribution in [-0.4, -0.2) is 12.7 Å². The summed E-state index contributed by atoms with van der Waals surface area (Å²) in [6.07, 6.45) is 0. The molecule has 6 aromatic rings. The molecule has 0 aliphatic carbocycles. The van der Waals surface area contributed by atoms with E-state index < -0.39 is 15.8 Å². The summed E-state index contributed by atoms with van der Waals surface area (Å²) >= 11 is 0. The minimum absolute atomic E-state index is 0. The second kappa shape index (κ2) is 23.0. The first-order valence-electron chi connectivity index (χ1n) is 12.6. The molecule has 0 heterocycles. The Morgan fingerprint density at radius 3 is 0.976 bits per heavy atom. The average Bonchev–Trinajstić information content (AvgIpc) is 3.81. The molecule has 0 aromatic heterocycles. The van der Waals surface area contributed by atoms with E-state index in [2.05, 4.69) is 152 Å². The van der Waals surface area contributed by atoms with E-state index in [1.807, 2.05) is 30.3 Å². The standard InChI is InChI=1S/C25H22P2.C5H5.C5H.CHO.2Rh/c1-5-13-22(14-6-1)26(23-15-7-2-8-16-23)21-27(24-17-9-3-10-18-24)25-19-11-4-12-20-25;2*1-2-4-5-3-1;1-2;;/h1-20H,21H2;1-5H;1H;1H;;/q;-1;-5;-1;;/p+2. The molecule has 0 bridgehead atoms. The van der Waals surface area contributed by atoms with Crippen molar-refractivity contribution in [2.75, 3.05) is 5.90 Å². The third kappa shape index (κ3) is 13.3. The van der Waals surface area contributed by atoms with Crippen LogP contribution in [0.3, 0.4) is 0 Å². The van der Waals surface area contributed by atoms with E-state index in [1.165, 1.54) is 27.1 Å². The zero-order valence-electron chi connectivity index (χ0n) is 22.4. The molecule has 6 rings (SSSR count). The van der Waals surface area contributed by atoms with Crippen LogP contribution in [0.15, 0.2) is 158 Å². The minimum Gasteiger partial charge on any atom is -0.999 e. The summed E-state index contributed by atoms with van der Waals surface area (Å²) < 4.78 is 0. The van der Waals surface area contributed by atoms with Crippen LogP contribution in [0.5, 0.6) is 0 Å². The molecule has 1 nitrogen and oxygen atoms in total. The average molecular weight is 747 g/mol. The Morgan fingerprint density at radius 2 is 0.780 bits per heavy atom. The van der Waals surface area contributed by atoms with Crippen LogP contribution >= 0.6 is 15.8 Å². The number of rotatable bonds is 6. The van der Waals surface area contributed by atoms with Crippen molar-refractivity contribution in [1.82, 2.24) is 0 Å². The fourth-order valence-corrected chi connectivity index (χ4v) is 11.7. The Bertz CT molecular complexity index is 1130. The molecule has 0 aliphatic rings. The SMILES string of the molecule is [CH-]=O.[Rh].[Rh].[c-]1[c-][c-][cH-][c-]1.c1cc[cH-]c1.c1ccc([PH+](C[PH+](c2ccccc2)c2ccccc2)c2ccccc2)cc1. The maximum Gasteiger partial charge on any atom is 0.174 e. The van der Waals surface area contributed by atoms with Gasteiger partial charge in [-0.1, -0.05) is 72.8 Å². The van der Waals surface area contributed by atoms with Gasteiger partial charge in [0.1, 0.15) is 37.1 Å². The third-order valence-corrected chi connectivity index (χ3v) is 12.7. The summed E-state index contributed by atoms with van der Waals surface area (Å²) in [5.74, 6) is 1.25. The zero-order chi connectivity index (χ0) is 27.4. The summed E-state index contributed by atoms with van der Waals surface area (Å²) in [4.78, 5) is 7.75. The molecule has 6 aromatic carbocycles. The topological polar surface area (TPSA) is 17.1 Å². The van der Waals surface area contributed by atoms with Gasteiger partial charge >= 0.3 is 0 Å². The van der Waals surface area contributed by atoms with Gasteiger partial charge in [0.25, 0.3) is 0 Å². The number of hydrogen-bond acceptors (Lipinski definition) is 1. The molecule has 2 radical (unpaired) electrons. The van der Waals surface area contributed by atoms with Gasteiger partial charge in [-0.15, -0.1) is 0 Å². The summed E-state index contributed by atoms with van der Waals surface area (Å²) in [5, 5.41) is 6.01. The molecule has 214 valence electrons. The van der Waals surface area contributed by atoms with Crippen molar-refractivity contribution in [2.24, 2.45) is 0 Å². The van der Waals surface area contributed by atoms with Gasteiger partial charge in [-0.3, -0.25) is 6.79 Å². The largest absolute Gasteiger partial charge is 0.999 e. The second-order valence-electron chi connectivity index (χ2n) is 8.24. The fourth-order valence-electron chi connectivity index (χ4n) is 3.98. The van der Waals surface area contributed by atoms with Crippen LogP contribution in [0, 0.1) is 24.3 Å². The van der Waals surface area contributed by atoms with Gasteiger partial charge in [0.15, 0.2) is 5.90 Å². The molecule has 0 saturated heterocycles. The minimum atomic E-state index is -0.847. The molecule has 0 N–H and O–H groups in total. The predicted octanol–water partition coefficient (Wildman–Crippen LogP) is 6.41. The van der Waals surface area contributed by atoms with Crippen LogP contribution in [0.2, 0.25) is 0 Å². The Morgan fingerprint density at radius 1 is 0.488 bits per heavy atom. The van der Waals surface area contributed by atoms with E-state index in [1.54, 1.807) is 6.07 Å². The molecule has 0 atom stereocenters. The van der Waals surface area contributed by atoms with Crippen molar-refractivity contribution >= 4 is 43.9 Å². The first-order valence-corrected chi connectivity index (χ1v) is 16.0. The Kier molecular flexibility index (Phi) is 20.4. The second-order valence-corrected chi connectivity index (χ2v) is 13.9. The first kappa shape index (κ1) is 36.4. The van der Waals surface area contributed by atoms with E-state index in [4.69, 9.17) is 4.79 Å². The smallest absolute Gasteiger partial charge is 0.174 e. The van der Waals surface area contributed by atoms with Crippen molar-refractivity contribution in [3.05, 3.63) is 182 Å². The van der Waals surface area contributed by atoms with Crippen molar-refractivity contribution in [1.29, 1.82) is 0 Å². The molecule has 0 fully saturated rings. The molecule has 5 heteroatoms. The van der Waals surface area contributed by atoms with Gasteiger partial charge in [-0.25, -0.2) is 12.1 Å². The van der Waals surface area contributed by atoms with Gasteiger partial charge in [0, 0.05) is 39.0 Å². The van der Waals surface area contributed by atoms with Crippen LogP contribution in [0.25, 0.3) is 0 Å². The first-order chi connectivity index (χ1) is 19.4. The van der Waals surface area contributed by atoms with E-state index >= 15 is 0 Å². The number of hydrogen-bond donors (Lipinski definition) is 0. The number of carbonyl (C=O) groups excluding carboxylic acids is 1. The Balaban J connectivity index is 0.000000501. The maximum absolute atomic E-state index is 7.75. The quantitative estimate of drug-likeness (QED) is 0.0835. The normalized spacial score (nSPS) is 9.32. The summed E-state index contributed by atoms with van der Waals surface area (Å²) in [6.45, 7) is 3.25. The van der Waals surface area contributed by atoms with Crippen molar-refractivity contribution in [3.8, 4) is 0 Å². The van der Waals surface area contributed by atoms with Crippen LogP contribution < -0.4 is 21.2 Å². The molecule has 0 amide bonds. The van der Waals surface area contributed by atoms with Gasteiger partial charge in [0.05, 0.1) is 0 Å². The van der Waals surface area contributed by atoms with Crippen LogP contribution in [-0.2, 0) is 43.8 Å². The van der Waals surface area contributed by atoms with Crippen molar-refractivity contribution in [2.45, 2.75) is 0 Å². The van der Waals surface area contributed by atoms with Gasteiger partial charge in [-0.05, 0) is 48.5 Å². The van der Waals surface area contributed by atoms with Gasteiger partial charge in [0.2, 0.25) is 0 Å². The predicted molar refractivity (Wildman–Crippen MR) is 172 cm³/mol. The van der Waals surface area contributed by atoms with E-state index in [9.17, 15) is 0 Å². The maximum atomic E-state index is 7.75. The molecule has 0 unspecified atom stereocenters. The molecule has 0 spiro atoms. The summed E-state index contributed by atoms with van der Waals surface area (Å²) in [5.41, 5.74) is 0. The van der Waals surface area contributed by atoms with Gasteiger partial charge < -0.3 is 35.1 Å². The van der Waals surface area contributed by atoms with Gasteiger partial charge in [-0.2, -0.15) is 18.2 Å². The molecule has 41 heavy (non-hydrogen) atoms. The summed E-state index contributed by atoms with van der Waals surface area (Å²) in [7, 11) is -1.69. The third-order valence-electron chi connectivity index (χ3n) is 5.75. The van der Waals surface area contributed by atoms with Crippen LogP contribution in [0.1, 0.15) is 0 Å². The van der Waals surface area contributed by atoms with E-state index in [-0.39, 0.29) is 39.0 Å². The molecule has 0 saturated carbocycles. The van der Waals surface area contributed by atoms with E-state index in [0.29, 0.717) is 0 Å². The zero-order valence-corrected chi connectivity index (χ0v) is 27.6. The Hall–Kier alpha value is -2.64. The molecular weight excluding hydrogens is 716 g/mol. The molecule has 0 aliphatic heterocycles. The van der Waals surface area contributed by atoms with E-state index in [0.717, 1.165) is 0 Å².